The van der Waals surface area contributed by atoms with Crippen LogP contribution >= 0.6 is 0 Å². The topological polar surface area (TPSA) is 123 Å². The molecule has 0 bridgehead atoms. The number of hydrogen-bond donors (Lipinski definition) is 2. The van der Waals surface area contributed by atoms with Gasteiger partial charge >= 0.3 is 24.2 Å². The van der Waals surface area contributed by atoms with Crippen molar-refractivity contribution in [2.24, 2.45) is 23.7 Å². The lowest BCUT2D eigenvalue weighted by Crippen LogP contribution is -2.37. The molecule has 0 aliphatic heterocycles. The van der Waals surface area contributed by atoms with Gasteiger partial charge in [-0.3, -0.25) is 0 Å². The van der Waals surface area contributed by atoms with Crippen LogP contribution in [0.1, 0.15) is 113 Å². The smallest absolute Gasteiger partial charge is 0.400 e. The van der Waals surface area contributed by atoms with E-state index in [9.17, 15) is 9.59 Å². The zero-order valence-electron chi connectivity index (χ0n) is 36.7. The summed E-state index contributed by atoms with van der Waals surface area (Å²) in [6.45, 7) is 3.87. The summed E-state index contributed by atoms with van der Waals surface area (Å²) in [5, 5.41) is 0. The number of anilines is 2. The van der Waals surface area contributed by atoms with E-state index in [4.69, 9.17) is 30.4 Å². The Morgan fingerprint density at radius 1 is 0.594 bits per heavy atom. The number of carbonyl (C=O) groups is 2. The molecule has 4 unspecified atom stereocenters. The molecule has 6 rings (SSSR count). The molecule has 2 aliphatic carbocycles. The van der Waals surface area contributed by atoms with Gasteiger partial charge in [0.2, 0.25) is 0 Å². The summed E-state index contributed by atoms with van der Waals surface area (Å²) in [5.41, 5.74) is 16.8. The quantitative estimate of drug-likeness (QED) is 0.0413. The second kappa shape index (κ2) is 22.2. The highest BCUT2D eigenvalue weighted by molar-refractivity contribution is 5.88. The number of alkyl halides is 4. The third kappa shape index (κ3) is 13.6. The number of nitrogen functional groups attached to an aromatic ring is 2. The number of ether oxygens (including phenoxy) is 4. The van der Waals surface area contributed by atoms with Crippen molar-refractivity contribution in [3.05, 3.63) is 119 Å². The van der Waals surface area contributed by atoms with Gasteiger partial charge in [-0.25, -0.2) is 9.59 Å². The lowest BCUT2D eigenvalue weighted by Gasteiger charge is -2.33. The van der Waals surface area contributed by atoms with E-state index in [1.54, 1.807) is 60.7 Å². The van der Waals surface area contributed by atoms with Crippen molar-refractivity contribution in [1.29, 1.82) is 0 Å². The molecule has 12 heteroatoms. The summed E-state index contributed by atoms with van der Waals surface area (Å²) in [5.74, 6) is -2.20. The van der Waals surface area contributed by atoms with Gasteiger partial charge in [-0.15, -0.1) is 0 Å². The number of hydrogen-bond acceptors (Lipinski definition) is 8. The Hall–Kier alpha value is -5.78. The van der Waals surface area contributed by atoms with Gasteiger partial charge in [0, 0.05) is 23.5 Å². The minimum Gasteiger partial charge on any atom is -0.458 e. The van der Waals surface area contributed by atoms with Crippen LogP contribution in [0.2, 0.25) is 0 Å². The largest absolute Gasteiger partial charge is 0.458 e. The first-order valence-corrected chi connectivity index (χ1v) is 22.5. The fourth-order valence-electron chi connectivity index (χ4n) is 9.02. The van der Waals surface area contributed by atoms with Crippen molar-refractivity contribution in [2.45, 2.75) is 116 Å². The summed E-state index contributed by atoms with van der Waals surface area (Å²) in [4.78, 5) is 25.7. The molecule has 0 amide bonds. The Morgan fingerprint density at radius 2 is 0.984 bits per heavy atom. The third-order valence-corrected chi connectivity index (χ3v) is 12.3. The average Bonchev–Trinajstić information content (AvgIpc) is 3.27. The van der Waals surface area contributed by atoms with Crippen LogP contribution < -0.4 is 20.9 Å². The molecule has 0 aromatic heterocycles. The van der Waals surface area contributed by atoms with Crippen molar-refractivity contribution in [3.8, 4) is 22.6 Å². The van der Waals surface area contributed by atoms with Crippen molar-refractivity contribution in [2.75, 3.05) is 11.5 Å². The summed E-state index contributed by atoms with van der Waals surface area (Å²) in [7, 11) is 0. The van der Waals surface area contributed by atoms with E-state index < -0.39 is 36.0 Å². The molecular weight excluding hydrogens is 825 g/mol. The van der Waals surface area contributed by atoms with E-state index in [0.29, 0.717) is 82.3 Å². The van der Waals surface area contributed by atoms with Gasteiger partial charge < -0.3 is 30.4 Å². The van der Waals surface area contributed by atoms with Crippen LogP contribution in [0.3, 0.4) is 0 Å². The number of nitrogens with two attached hydrogens (primary N) is 2. The van der Waals surface area contributed by atoms with Crippen molar-refractivity contribution in [1.82, 2.24) is 0 Å². The molecule has 0 spiro atoms. The Balaban J connectivity index is 1.02. The first kappa shape index (κ1) is 47.7. The van der Waals surface area contributed by atoms with Crippen LogP contribution in [-0.4, -0.2) is 24.2 Å². The number of esters is 2. The highest BCUT2D eigenvalue weighted by atomic mass is 19.3. The van der Waals surface area contributed by atoms with Gasteiger partial charge in [-0.05, 0) is 132 Å². The number of benzene rings is 4. The minimum absolute atomic E-state index is 0.0556. The molecule has 64 heavy (non-hydrogen) atoms. The van der Waals surface area contributed by atoms with E-state index >= 15 is 17.6 Å². The molecule has 0 heterocycles. The summed E-state index contributed by atoms with van der Waals surface area (Å²) < 4.78 is 81.9. The van der Waals surface area contributed by atoms with E-state index in [0.717, 1.165) is 51.4 Å². The Labute approximate surface area is 374 Å². The van der Waals surface area contributed by atoms with E-state index in [1.807, 2.05) is 0 Å². The molecule has 4 N–H and O–H groups in total. The molecule has 8 nitrogen and oxygen atoms in total. The van der Waals surface area contributed by atoms with Gasteiger partial charge in [-0.1, -0.05) is 102 Å². The highest BCUT2D eigenvalue weighted by Crippen LogP contribution is 2.43. The maximum Gasteiger partial charge on any atom is 0.400 e. The number of carbonyl (C=O) groups excluding carboxylic acids is 2. The normalized spacial score (nSPS) is 19.4. The minimum atomic E-state index is -3.27. The van der Waals surface area contributed by atoms with Gasteiger partial charge in [0.25, 0.3) is 0 Å². The lowest BCUT2D eigenvalue weighted by molar-refractivity contribution is -0.225. The molecule has 2 fully saturated rings. The average molecular weight is 885 g/mol. The van der Waals surface area contributed by atoms with Gasteiger partial charge in [0.15, 0.2) is 0 Å². The molecule has 4 aromatic rings. The first-order chi connectivity index (χ1) is 30.7. The lowest BCUT2D eigenvalue weighted by atomic mass is 9.79. The molecule has 4 atom stereocenters. The van der Waals surface area contributed by atoms with Crippen LogP contribution in [0.25, 0.3) is 23.3 Å². The second-order valence-corrected chi connectivity index (χ2v) is 17.2. The molecule has 0 saturated heterocycles. The second-order valence-electron chi connectivity index (χ2n) is 17.2. The van der Waals surface area contributed by atoms with Crippen molar-refractivity contribution in [3.63, 3.8) is 0 Å². The maximum atomic E-state index is 15.1. The molecule has 2 aliphatic rings. The van der Waals surface area contributed by atoms with E-state index in [2.05, 4.69) is 13.8 Å². The van der Waals surface area contributed by atoms with Crippen molar-refractivity contribution >= 4 is 35.5 Å². The highest BCUT2D eigenvalue weighted by Gasteiger charge is 2.45. The number of rotatable bonds is 19. The zero-order valence-corrected chi connectivity index (χ0v) is 36.7. The van der Waals surface area contributed by atoms with E-state index in [-0.39, 0.29) is 24.7 Å². The third-order valence-electron chi connectivity index (χ3n) is 12.3. The van der Waals surface area contributed by atoms with Crippen LogP contribution in [0.5, 0.6) is 11.5 Å². The van der Waals surface area contributed by atoms with Crippen LogP contribution in [-0.2, 0) is 32.3 Å². The molecule has 0 radical (unpaired) electrons. The molecule has 4 aromatic carbocycles. The molecule has 342 valence electrons. The summed E-state index contributed by atoms with van der Waals surface area (Å²) >= 11 is 0. The Kier molecular flexibility index (Phi) is 16.6. The molecular formula is C52H60F4N2O6. The van der Waals surface area contributed by atoms with Crippen LogP contribution in [0, 0.1) is 23.7 Å². The zero-order chi connectivity index (χ0) is 45.7. The Bertz CT molecular complexity index is 2070. The van der Waals surface area contributed by atoms with Crippen LogP contribution in [0.15, 0.2) is 97.1 Å². The van der Waals surface area contributed by atoms with Crippen molar-refractivity contribution < 1.29 is 46.1 Å². The summed E-state index contributed by atoms with van der Waals surface area (Å²) in [6.07, 6.45) is 8.17. The number of halogens is 4. The standard InChI is InChI=1S/C52H60F4N2O6/c1-3-7-37-9-5-11-41(29-37)51(53,54)63-45-21-13-35(14-22-45)17-27-49(59)61-33-39-31-43(57)19-25-47(39)48-26-20-44(58)32-40(48)34-62-50(60)28-18-36-15-23-46(24-16-36)64-52(55,56)42-12-6-10-38(30-42)8-4-2/h13-28,31-32,37-38,41-42H,3-12,29-30,33-34,57-58H2,1-2H3/b27-17+,28-18+. The monoisotopic (exact) mass is 884 g/mol. The predicted octanol–water partition coefficient (Wildman–Crippen LogP) is 13.2. The van der Waals surface area contributed by atoms with Gasteiger partial charge in [0.1, 0.15) is 24.7 Å². The van der Waals surface area contributed by atoms with Crippen LogP contribution in [0.4, 0.5) is 28.9 Å². The predicted molar refractivity (Wildman–Crippen MR) is 243 cm³/mol. The first-order valence-electron chi connectivity index (χ1n) is 22.5. The SMILES string of the molecule is CCCC1CCCC(C(F)(F)Oc2ccc(/C=C/C(=O)OCc3cc(N)ccc3-c3ccc(N)cc3COC(=O)/C=C/c3ccc(OC(F)(F)C4CCCC(CCC)C4)cc3)cc2)C1. The van der Waals surface area contributed by atoms with Gasteiger partial charge in [0.05, 0.1) is 11.8 Å². The molecule has 2 saturated carbocycles. The summed E-state index contributed by atoms with van der Waals surface area (Å²) in [6, 6.07) is 22.5. The fraction of sp³-hybridized carbons (Fsp3) is 0.423. The fourth-order valence-corrected chi connectivity index (χ4v) is 9.02. The Morgan fingerprint density at radius 3 is 1.36 bits per heavy atom. The maximum absolute atomic E-state index is 15.1. The van der Waals surface area contributed by atoms with E-state index in [1.165, 1.54) is 48.6 Å². The van der Waals surface area contributed by atoms with Gasteiger partial charge in [-0.2, -0.15) is 17.6 Å².